The molecular weight excluding hydrogens is 417 g/mol. The van der Waals surface area contributed by atoms with E-state index >= 15 is 0 Å². The summed E-state index contributed by atoms with van der Waals surface area (Å²) in [5.41, 5.74) is 1.39. The third-order valence-corrected chi connectivity index (χ3v) is 3.75. The molecule has 0 fully saturated rings. The van der Waals surface area contributed by atoms with Gasteiger partial charge in [0.05, 0.1) is 6.10 Å². The number of hydrogen-bond acceptors (Lipinski definition) is 3. The van der Waals surface area contributed by atoms with E-state index in [0.29, 0.717) is 5.56 Å². The van der Waals surface area contributed by atoms with Crippen molar-refractivity contribution < 1.29 is 14.3 Å². The summed E-state index contributed by atoms with van der Waals surface area (Å²) in [6, 6.07) is 16.4. The van der Waals surface area contributed by atoms with Gasteiger partial charge < -0.3 is 10.1 Å². The van der Waals surface area contributed by atoms with Crippen LogP contribution < -0.4 is 5.32 Å². The van der Waals surface area contributed by atoms with Crippen molar-refractivity contribution in [2.24, 2.45) is 0 Å². The maximum Gasteiger partial charge on any atom is 0.355 e. The fourth-order valence-corrected chi connectivity index (χ4v) is 2.29. The first-order valence-electron chi connectivity index (χ1n) is 7.50. The van der Waals surface area contributed by atoms with E-state index in [9.17, 15) is 9.59 Å². The highest BCUT2D eigenvalue weighted by Crippen LogP contribution is 2.10. The second-order valence-electron chi connectivity index (χ2n) is 5.38. The van der Waals surface area contributed by atoms with Gasteiger partial charge in [-0.25, -0.2) is 4.79 Å². The Kier molecular flexibility index (Phi) is 6.54. The van der Waals surface area contributed by atoms with Gasteiger partial charge in [0.2, 0.25) is 0 Å². The molecule has 0 atom stereocenters. The Balaban J connectivity index is 2.25. The molecule has 2 aromatic rings. The van der Waals surface area contributed by atoms with Crippen LogP contribution in [-0.4, -0.2) is 18.0 Å². The number of carbonyl (C=O) groups is 2. The smallest absolute Gasteiger partial charge is 0.355 e. The number of hydrogen-bond donors (Lipinski definition) is 1. The summed E-state index contributed by atoms with van der Waals surface area (Å²) in [4.78, 5) is 24.7. The lowest BCUT2D eigenvalue weighted by Crippen LogP contribution is -2.29. The van der Waals surface area contributed by atoms with Gasteiger partial charge in [-0.3, -0.25) is 4.79 Å². The van der Waals surface area contributed by atoms with Crippen molar-refractivity contribution in [1.82, 2.24) is 5.32 Å². The molecule has 5 heteroatoms. The topological polar surface area (TPSA) is 55.4 Å². The highest BCUT2D eigenvalue weighted by Gasteiger charge is 2.17. The van der Waals surface area contributed by atoms with Crippen LogP contribution >= 0.6 is 22.6 Å². The summed E-state index contributed by atoms with van der Waals surface area (Å²) in [6.07, 6.45) is 1.34. The van der Waals surface area contributed by atoms with Gasteiger partial charge in [-0.2, -0.15) is 0 Å². The van der Waals surface area contributed by atoms with Crippen molar-refractivity contribution in [2.75, 3.05) is 0 Å². The molecule has 0 aromatic heterocycles. The number of esters is 1. The molecule has 1 N–H and O–H groups in total. The van der Waals surface area contributed by atoms with Gasteiger partial charge in [-0.15, -0.1) is 0 Å². The highest BCUT2D eigenvalue weighted by atomic mass is 127. The first-order chi connectivity index (χ1) is 11.5. The molecule has 2 aromatic carbocycles. The maximum absolute atomic E-state index is 12.4. The minimum atomic E-state index is -0.562. The van der Waals surface area contributed by atoms with E-state index < -0.39 is 5.97 Å². The molecule has 0 aliphatic carbocycles. The standard InChI is InChI=1S/C19H18INO3/c1-13(2)24-19(23)17(12-14-6-4-3-5-7-14)21-18(22)15-8-10-16(20)11-9-15/h3-13H,1-2H3,(H,21,22)/b17-12+. The third-order valence-electron chi connectivity index (χ3n) is 3.03. The van der Waals surface area contributed by atoms with Crippen molar-refractivity contribution in [3.63, 3.8) is 0 Å². The zero-order valence-electron chi connectivity index (χ0n) is 13.5. The largest absolute Gasteiger partial charge is 0.458 e. The first-order valence-corrected chi connectivity index (χ1v) is 8.58. The van der Waals surface area contributed by atoms with E-state index in [1.807, 2.05) is 42.5 Å². The Morgan fingerprint density at radius 2 is 1.67 bits per heavy atom. The minimum absolute atomic E-state index is 0.110. The number of carbonyl (C=O) groups excluding carboxylic acids is 2. The molecule has 0 unspecified atom stereocenters. The fraction of sp³-hybridized carbons (Fsp3) is 0.158. The number of amides is 1. The second-order valence-corrected chi connectivity index (χ2v) is 6.63. The van der Waals surface area contributed by atoms with Crippen LogP contribution in [0.25, 0.3) is 6.08 Å². The van der Waals surface area contributed by atoms with Gasteiger partial charge in [0, 0.05) is 9.13 Å². The molecule has 0 bridgehead atoms. The van der Waals surface area contributed by atoms with Crippen LogP contribution in [-0.2, 0) is 9.53 Å². The van der Waals surface area contributed by atoms with Crippen LogP contribution in [0.1, 0.15) is 29.8 Å². The molecule has 1 amide bonds. The van der Waals surface area contributed by atoms with Gasteiger partial charge in [0.25, 0.3) is 5.91 Å². The molecule has 0 saturated heterocycles. The van der Waals surface area contributed by atoms with Gasteiger partial charge in [0.1, 0.15) is 5.70 Å². The Morgan fingerprint density at radius 3 is 2.25 bits per heavy atom. The summed E-state index contributed by atoms with van der Waals surface area (Å²) in [5.74, 6) is -0.915. The van der Waals surface area contributed by atoms with E-state index in [1.165, 1.54) is 0 Å². The van der Waals surface area contributed by atoms with Crippen LogP contribution in [0.4, 0.5) is 0 Å². The second kappa shape index (κ2) is 8.63. The van der Waals surface area contributed by atoms with Crippen molar-refractivity contribution in [3.05, 3.63) is 75.0 Å². The number of halogens is 1. The molecular formula is C19H18INO3. The van der Waals surface area contributed by atoms with Crippen LogP contribution in [0.2, 0.25) is 0 Å². The predicted molar refractivity (Wildman–Crippen MR) is 102 cm³/mol. The van der Waals surface area contributed by atoms with Gasteiger partial charge in [0.15, 0.2) is 0 Å². The average molecular weight is 435 g/mol. The van der Waals surface area contributed by atoms with E-state index in [-0.39, 0.29) is 17.7 Å². The maximum atomic E-state index is 12.4. The van der Waals surface area contributed by atoms with Gasteiger partial charge in [-0.05, 0) is 72.3 Å². The molecule has 124 valence electrons. The van der Waals surface area contributed by atoms with Crippen LogP contribution in [0.15, 0.2) is 60.3 Å². The van der Waals surface area contributed by atoms with Crippen molar-refractivity contribution in [3.8, 4) is 0 Å². The quantitative estimate of drug-likeness (QED) is 0.439. The monoisotopic (exact) mass is 435 g/mol. The normalized spacial score (nSPS) is 11.2. The van der Waals surface area contributed by atoms with Crippen LogP contribution in [0.5, 0.6) is 0 Å². The van der Waals surface area contributed by atoms with E-state index in [4.69, 9.17) is 4.74 Å². The lowest BCUT2D eigenvalue weighted by Gasteiger charge is -2.12. The molecule has 0 aliphatic heterocycles. The van der Waals surface area contributed by atoms with E-state index in [1.54, 1.807) is 32.1 Å². The number of benzene rings is 2. The van der Waals surface area contributed by atoms with E-state index in [0.717, 1.165) is 9.13 Å². The Labute approximate surface area is 155 Å². The van der Waals surface area contributed by atoms with Crippen molar-refractivity contribution in [1.29, 1.82) is 0 Å². The van der Waals surface area contributed by atoms with Gasteiger partial charge in [-0.1, -0.05) is 30.3 Å². The lowest BCUT2D eigenvalue weighted by molar-refractivity contribution is -0.142. The summed E-state index contributed by atoms with van der Waals surface area (Å²) in [5, 5.41) is 2.65. The summed E-state index contributed by atoms with van der Waals surface area (Å²) in [7, 11) is 0. The molecule has 2 rings (SSSR count). The average Bonchev–Trinajstić information content (AvgIpc) is 2.55. The molecule has 0 radical (unpaired) electrons. The zero-order chi connectivity index (χ0) is 17.5. The Hall–Kier alpha value is -2.15. The summed E-state index contributed by atoms with van der Waals surface area (Å²) < 4.78 is 6.25. The van der Waals surface area contributed by atoms with Gasteiger partial charge >= 0.3 is 5.97 Å². The molecule has 0 saturated carbocycles. The zero-order valence-corrected chi connectivity index (χ0v) is 15.6. The molecule has 0 heterocycles. The van der Waals surface area contributed by atoms with E-state index in [2.05, 4.69) is 27.9 Å². The van der Waals surface area contributed by atoms with Crippen LogP contribution in [0.3, 0.4) is 0 Å². The fourth-order valence-electron chi connectivity index (χ4n) is 1.94. The molecule has 24 heavy (non-hydrogen) atoms. The number of ether oxygens (including phenoxy) is 1. The Bertz CT molecular complexity index is 737. The first kappa shape index (κ1) is 18.2. The van der Waals surface area contributed by atoms with Crippen molar-refractivity contribution >= 4 is 40.5 Å². The predicted octanol–water partition coefficient (Wildman–Crippen LogP) is 4.01. The summed E-state index contributed by atoms with van der Waals surface area (Å²) in [6.45, 7) is 3.53. The molecule has 0 aliphatic rings. The molecule has 0 spiro atoms. The number of rotatable bonds is 5. The summed E-state index contributed by atoms with van der Waals surface area (Å²) >= 11 is 2.17. The third kappa shape index (κ3) is 5.49. The van der Waals surface area contributed by atoms with Crippen LogP contribution in [0, 0.1) is 3.57 Å². The Morgan fingerprint density at radius 1 is 1.04 bits per heavy atom. The minimum Gasteiger partial charge on any atom is -0.458 e. The number of nitrogens with one attached hydrogen (secondary N) is 1. The molecule has 4 nitrogen and oxygen atoms in total. The SMILES string of the molecule is CC(C)OC(=O)/C(=C\c1ccccc1)NC(=O)c1ccc(I)cc1. The lowest BCUT2D eigenvalue weighted by atomic mass is 10.1. The highest BCUT2D eigenvalue weighted by molar-refractivity contribution is 14.1. The van der Waals surface area contributed by atoms with Crippen molar-refractivity contribution in [2.45, 2.75) is 20.0 Å².